The lowest BCUT2D eigenvalue weighted by Gasteiger charge is -2.27. The van der Waals surface area contributed by atoms with Crippen LogP contribution in [0.5, 0.6) is 17.4 Å². The molecule has 31 heavy (non-hydrogen) atoms. The van der Waals surface area contributed by atoms with Gasteiger partial charge in [0.05, 0.1) is 5.56 Å². The van der Waals surface area contributed by atoms with E-state index in [1.54, 1.807) is 29.2 Å². The number of hydrogen-bond acceptors (Lipinski definition) is 6. The smallest absolute Gasteiger partial charge is 0.228 e. The summed E-state index contributed by atoms with van der Waals surface area (Å²) in [6.45, 7) is 2.05. The summed E-state index contributed by atoms with van der Waals surface area (Å²) in [5.41, 5.74) is 5.49. The van der Waals surface area contributed by atoms with Gasteiger partial charge in [-0.05, 0) is 24.6 Å². The number of ether oxygens (including phenoxy) is 1. The predicted octanol–water partition coefficient (Wildman–Crippen LogP) is 4.49. The Hall–Kier alpha value is -4.26. The molecule has 5 aromatic rings. The van der Waals surface area contributed by atoms with E-state index in [0.717, 1.165) is 22.3 Å². The highest BCUT2D eigenvalue weighted by Gasteiger charge is 2.33. The number of aryl methyl sites for hydroxylation is 1. The number of aromatic hydroxyl groups is 1. The maximum absolute atomic E-state index is 9.97. The number of pyridine rings is 1. The minimum Gasteiger partial charge on any atom is -0.508 e. The van der Waals surface area contributed by atoms with Gasteiger partial charge in [0.15, 0.2) is 11.5 Å². The Kier molecular flexibility index (Phi) is 3.76. The van der Waals surface area contributed by atoms with Gasteiger partial charge >= 0.3 is 0 Å². The topological polar surface area (TPSA) is 85.4 Å². The summed E-state index contributed by atoms with van der Waals surface area (Å²) >= 11 is 0. The molecule has 0 spiro atoms. The molecule has 1 N–H and O–H groups in total. The van der Waals surface area contributed by atoms with Gasteiger partial charge < -0.3 is 9.84 Å². The lowest BCUT2D eigenvalue weighted by molar-refractivity contribution is 0.422. The first kappa shape index (κ1) is 17.6. The monoisotopic (exact) mass is 407 g/mol. The molecular formula is C24H17N5O2. The second-order valence-corrected chi connectivity index (χ2v) is 7.58. The van der Waals surface area contributed by atoms with Crippen molar-refractivity contribution in [3.63, 3.8) is 0 Å². The third-order valence-electron chi connectivity index (χ3n) is 5.52. The Morgan fingerprint density at radius 3 is 2.74 bits per heavy atom. The zero-order valence-corrected chi connectivity index (χ0v) is 16.6. The lowest BCUT2D eigenvalue weighted by atomic mass is 9.84. The van der Waals surface area contributed by atoms with E-state index in [0.29, 0.717) is 23.1 Å². The molecule has 3 aromatic heterocycles. The van der Waals surface area contributed by atoms with Crippen LogP contribution in [0, 0.1) is 6.92 Å². The largest absolute Gasteiger partial charge is 0.508 e. The summed E-state index contributed by atoms with van der Waals surface area (Å²) in [5.74, 6) is 1.56. The Balaban J connectivity index is 1.61. The van der Waals surface area contributed by atoms with Crippen molar-refractivity contribution >= 4 is 5.65 Å². The number of aromatic nitrogens is 5. The zero-order valence-electron chi connectivity index (χ0n) is 16.6. The van der Waals surface area contributed by atoms with Crippen LogP contribution < -0.4 is 4.74 Å². The van der Waals surface area contributed by atoms with E-state index in [2.05, 4.69) is 15.1 Å². The first-order chi connectivity index (χ1) is 15.2. The third-order valence-corrected chi connectivity index (χ3v) is 5.52. The van der Waals surface area contributed by atoms with Crippen molar-refractivity contribution in [3.05, 3.63) is 95.6 Å². The van der Waals surface area contributed by atoms with Crippen molar-refractivity contribution < 1.29 is 9.84 Å². The number of nitrogens with zero attached hydrogens (tertiary/aromatic N) is 5. The molecule has 6 rings (SSSR count). The first-order valence-corrected chi connectivity index (χ1v) is 9.90. The molecule has 1 aliphatic heterocycles. The number of benzene rings is 2. The van der Waals surface area contributed by atoms with Crippen LogP contribution >= 0.6 is 0 Å². The fourth-order valence-corrected chi connectivity index (χ4v) is 4.02. The van der Waals surface area contributed by atoms with Gasteiger partial charge in [0, 0.05) is 35.5 Å². The van der Waals surface area contributed by atoms with E-state index >= 15 is 0 Å². The number of fused-ring (bicyclic) bond motifs is 4. The average Bonchev–Trinajstić information content (AvgIpc) is 3.23. The average molecular weight is 407 g/mol. The van der Waals surface area contributed by atoms with Crippen molar-refractivity contribution in [3.8, 4) is 28.8 Å². The van der Waals surface area contributed by atoms with Crippen molar-refractivity contribution in [1.82, 2.24) is 24.6 Å². The van der Waals surface area contributed by atoms with Crippen molar-refractivity contribution in [1.29, 1.82) is 0 Å². The number of hydrogen-bond donors (Lipinski definition) is 1. The van der Waals surface area contributed by atoms with Crippen molar-refractivity contribution in [2.45, 2.75) is 12.8 Å². The molecule has 4 heterocycles. The molecule has 2 aromatic carbocycles. The highest BCUT2D eigenvalue weighted by atomic mass is 16.5. The van der Waals surface area contributed by atoms with Crippen LogP contribution in [0.2, 0.25) is 0 Å². The maximum Gasteiger partial charge on any atom is 0.228 e. The van der Waals surface area contributed by atoms with Gasteiger partial charge in [-0.1, -0.05) is 42.0 Å². The molecule has 150 valence electrons. The predicted molar refractivity (Wildman–Crippen MR) is 114 cm³/mol. The van der Waals surface area contributed by atoms with E-state index < -0.39 is 0 Å². The summed E-state index contributed by atoms with van der Waals surface area (Å²) in [4.78, 5) is 13.7. The van der Waals surface area contributed by atoms with Gasteiger partial charge in [0.2, 0.25) is 5.88 Å². The molecule has 1 unspecified atom stereocenters. The maximum atomic E-state index is 9.97. The molecule has 1 atom stereocenters. The van der Waals surface area contributed by atoms with Crippen LogP contribution in [0.1, 0.15) is 28.2 Å². The molecule has 0 radical (unpaired) electrons. The van der Waals surface area contributed by atoms with Crippen LogP contribution in [-0.2, 0) is 0 Å². The Labute approximate surface area is 177 Å². The minimum atomic E-state index is -0.209. The van der Waals surface area contributed by atoms with Gasteiger partial charge in [0.1, 0.15) is 17.8 Å². The van der Waals surface area contributed by atoms with E-state index in [4.69, 9.17) is 9.72 Å². The molecule has 0 fully saturated rings. The Bertz CT molecular complexity index is 1430. The molecule has 0 saturated heterocycles. The fraction of sp³-hybridized carbons (Fsp3) is 0.0833. The van der Waals surface area contributed by atoms with E-state index in [9.17, 15) is 5.11 Å². The summed E-state index contributed by atoms with van der Waals surface area (Å²) in [6, 6.07) is 17.2. The second-order valence-electron chi connectivity index (χ2n) is 7.58. The van der Waals surface area contributed by atoms with Crippen molar-refractivity contribution in [2.75, 3.05) is 0 Å². The molecule has 0 amide bonds. The molecule has 1 aliphatic rings. The number of phenolic OH excluding ortho intramolecular Hbond substituents is 1. The van der Waals surface area contributed by atoms with Gasteiger partial charge in [0.25, 0.3) is 0 Å². The van der Waals surface area contributed by atoms with Crippen LogP contribution in [0.15, 0.2) is 73.3 Å². The SMILES string of the molecule is Cc1ccc(-c2nc3c4c(ncn3n2)Oc2cc(O)ccc2C4c2cccnc2)cc1. The molecule has 0 saturated carbocycles. The molecule has 0 aliphatic carbocycles. The van der Waals surface area contributed by atoms with Crippen LogP contribution in [0.3, 0.4) is 0 Å². The second kappa shape index (κ2) is 6.63. The lowest BCUT2D eigenvalue weighted by Crippen LogP contribution is -2.15. The van der Waals surface area contributed by atoms with Gasteiger partial charge in [-0.25, -0.2) is 14.5 Å². The summed E-state index contributed by atoms with van der Waals surface area (Å²) in [7, 11) is 0. The van der Waals surface area contributed by atoms with Crippen LogP contribution in [0.4, 0.5) is 0 Å². The van der Waals surface area contributed by atoms with Gasteiger partial charge in [-0.3, -0.25) is 4.98 Å². The van der Waals surface area contributed by atoms with Gasteiger partial charge in [-0.2, -0.15) is 0 Å². The summed E-state index contributed by atoms with van der Waals surface area (Å²) in [6.07, 6.45) is 5.18. The summed E-state index contributed by atoms with van der Waals surface area (Å²) in [5, 5.41) is 14.6. The van der Waals surface area contributed by atoms with Gasteiger partial charge in [-0.15, -0.1) is 5.10 Å². The normalized spacial score (nSPS) is 14.7. The van der Waals surface area contributed by atoms with Crippen LogP contribution in [-0.4, -0.2) is 29.7 Å². The first-order valence-electron chi connectivity index (χ1n) is 9.90. The minimum absolute atomic E-state index is 0.136. The Morgan fingerprint density at radius 2 is 1.94 bits per heavy atom. The molecule has 7 heteroatoms. The third kappa shape index (κ3) is 2.82. The zero-order chi connectivity index (χ0) is 20.9. The number of phenols is 1. The highest BCUT2D eigenvalue weighted by Crippen LogP contribution is 2.48. The molecule has 7 nitrogen and oxygen atoms in total. The summed E-state index contributed by atoms with van der Waals surface area (Å²) < 4.78 is 7.76. The van der Waals surface area contributed by atoms with Crippen LogP contribution in [0.25, 0.3) is 17.0 Å². The number of rotatable bonds is 2. The quantitative estimate of drug-likeness (QED) is 0.455. The standard InChI is InChI=1S/C24H17N5O2/c1-14-4-6-15(7-5-14)22-27-23-21-20(16-3-2-10-25-12-16)18-9-8-17(30)11-19(18)31-24(21)26-13-29(23)28-22/h2-13,20,30H,1H3. The van der Waals surface area contributed by atoms with E-state index in [-0.39, 0.29) is 11.7 Å². The molecule has 0 bridgehead atoms. The van der Waals surface area contributed by atoms with E-state index in [1.807, 2.05) is 55.6 Å². The van der Waals surface area contributed by atoms with E-state index in [1.165, 1.54) is 5.56 Å². The Morgan fingerprint density at radius 1 is 1.06 bits per heavy atom. The molecular weight excluding hydrogens is 390 g/mol. The van der Waals surface area contributed by atoms with Crippen molar-refractivity contribution in [2.24, 2.45) is 0 Å². The highest BCUT2D eigenvalue weighted by molar-refractivity contribution is 5.68. The fourth-order valence-electron chi connectivity index (χ4n) is 4.02.